The average Bonchev–Trinajstić information content (AvgIpc) is 2.91. The highest BCUT2D eigenvalue weighted by Crippen LogP contribution is 2.22. The highest BCUT2D eigenvalue weighted by Gasteiger charge is 2.15. The van der Waals surface area contributed by atoms with Gasteiger partial charge < -0.3 is 10.1 Å². The van der Waals surface area contributed by atoms with Gasteiger partial charge in [-0.3, -0.25) is 14.4 Å². The van der Waals surface area contributed by atoms with E-state index in [-0.39, 0.29) is 29.5 Å². The van der Waals surface area contributed by atoms with Gasteiger partial charge in [-0.1, -0.05) is 23.2 Å². The summed E-state index contributed by atoms with van der Waals surface area (Å²) in [4.78, 5) is 37.5. The summed E-state index contributed by atoms with van der Waals surface area (Å²) in [5.41, 5.74) is 0.817. The first kappa shape index (κ1) is 19.4. The Morgan fingerprint density at radius 2 is 1.84 bits per heavy atom. The standard InChI is InChI=1S/C17H15Cl2NO4S/c1-9-5-12(10(2)25-9)15(21)8-24-16(22)7-20-17(23)11-3-4-13(18)14(19)6-11/h3-6H,7-8H2,1-2H3,(H,20,23). The second-order valence-electron chi connectivity index (χ2n) is 5.22. The summed E-state index contributed by atoms with van der Waals surface area (Å²) in [5.74, 6) is -1.47. The molecule has 0 spiro atoms. The number of benzene rings is 1. The smallest absolute Gasteiger partial charge is 0.325 e. The van der Waals surface area contributed by atoms with E-state index < -0.39 is 11.9 Å². The van der Waals surface area contributed by atoms with E-state index in [9.17, 15) is 14.4 Å². The molecule has 0 aliphatic carbocycles. The summed E-state index contributed by atoms with van der Waals surface area (Å²) in [6.07, 6.45) is 0. The number of carbonyl (C=O) groups excluding carboxylic acids is 3. The van der Waals surface area contributed by atoms with Crippen molar-refractivity contribution in [2.75, 3.05) is 13.2 Å². The van der Waals surface area contributed by atoms with Crippen molar-refractivity contribution in [2.45, 2.75) is 13.8 Å². The molecular weight excluding hydrogens is 385 g/mol. The molecule has 0 saturated carbocycles. The van der Waals surface area contributed by atoms with E-state index in [0.29, 0.717) is 10.6 Å². The molecule has 2 rings (SSSR count). The number of thiophene rings is 1. The fraction of sp³-hybridized carbons (Fsp3) is 0.235. The van der Waals surface area contributed by atoms with Crippen LogP contribution in [0, 0.1) is 13.8 Å². The van der Waals surface area contributed by atoms with Gasteiger partial charge >= 0.3 is 5.97 Å². The third-order valence-corrected chi connectivity index (χ3v) is 4.99. The minimum Gasteiger partial charge on any atom is -0.456 e. The molecule has 0 unspecified atom stereocenters. The molecule has 1 N–H and O–H groups in total. The van der Waals surface area contributed by atoms with Crippen LogP contribution in [0.3, 0.4) is 0 Å². The van der Waals surface area contributed by atoms with Crippen LogP contribution < -0.4 is 5.32 Å². The molecule has 0 atom stereocenters. The fourth-order valence-corrected chi connectivity index (χ4v) is 3.31. The van der Waals surface area contributed by atoms with Gasteiger partial charge in [0.2, 0.25) is 5.78 Å². The van der Waals surface area contributed by atoms with E-state index in [0.717, 1.165) is 9.75 Å². The van der Waals surface area contributed by atoms with Gasteiger partial charge in [0, 0.05) is 20.9 Å². The molecule has 0 radical (unpaired) electrons. The van der Waals surface area contributed by atoms with Crippen molar-refractivity contribution in [1.29, 1.82) is 0 Å². The van der Waals surface area contributed by atoms with Crippen LogP contribution in [0.15, 0.2) is 24.3 Å². The average molecular weight is 400 g/mol. The van der Waals surface area contributed by atoms with E-state index >= 15 is 0 Å². The zero-order valence-corrected chi connectivity index (χ0v) is 15.8. The molecule has 1 heterocycles. The Hall–Kier alpha value is -1.89. The second-order valence-corrected chi connectivity index (χ2v) is 7.50. The maximum absolute atomic E-state index is 12.0. The number of hydrogen-bond acceptors (Lipinski definition) is 5. The van der Waals surface area contributed by atoms with Gasteiger partial charge in [-0.2, -0.15) is 0 Å². The Morgan fingerprint density at radius 3 is 2.44 bits per heavy atom. The number of Topliss-reactive ketones (excluding diaryl/α,β-unsaturated/α-hetero) is 1. The van der Waals surface area contributed by atoms with E-state index in [1.165, 1.54) is 29.5 Å². The topological polar surface area (TPSA) is 72.5 Å². The number of nitrogens with one attached hydrogen (secondary N) is 1. The van der Waals surface area contributed by atoms with Crippen molar-refractivity contribution in [3.63, 3.8) is 0 Å². The van der Waals surface area contributed by atoms with Crippen LogP contribution in [0.2, 0.25) is 10.0 Å². The van der Waals surface area contributed by atoms with Crippen LogP contribution in [0.25, 0.3) is 0 Å². The van der Waals surface area contributed by atoms with Crippen molar-refractivity contribution in [3.8, 4) is 0 Å². The van der Waals surface area contributed by atoms with E-state index in [4.69, 9.17) is 27.9 Å². The van der Waals surface area contributed by atoms with Gasteiger partial charge in [0.25, 0.3) is 5.91 Å². The first-order chi connectivity index (χ1) is 11.8. The zero-order chi connectivity index (χ0) is 18.6. The largest absolute Gasteiger partial charge is 0.456 e. The lowest BCUT2D eigenvalue weighted by Gasteiger charge is -2.07. The normalized spacial score (nSPS) is 10.4. The Labute approximate surface area is 158 Å². The van der Waals surface area contributed by atoms with Crippen LogP contribution in [0.1, 0.15) is 30.5 Å². The number of rotatable bonds is 6. The molecule has 1 aromatic heterocycles. The van der Waals surface area contributed by atoms with Crippen LogP contribution >= 0.6 is 34.5 Å². The number of amides is 1. The molecule has 8 heteroatoms. The Bertz CT molecular complexity index is 832. The van der Waals surface area contributed by atoms with Crippen LogP contribution in [-0.2, 0) is 9.53 Å². The van der Waals surface area contributed by atoms with E-state index in [2.05, 4.69) is 5.32 Å². The SMILES string of the molecule is Cc1cc(C(=O)COC(=O)CNC(=O)c2ccc(Cl)c(Cl)c2)c(C)s1. The van der Waals surface area contributed by atoms with Gasteiger partial charge in [0.05, 0.1) is 10.0 Å². The summed E-state index contributed by atoms with van der Waals surface area (Å²) in [6.45, 7) is 3.02. The van der Waals surface area contributed by atoms with Crippen molar-refractivity contribution >= 4 is 52.2 Å². The molecule has 5 nitrogen and oxygen atoms in total. The van der Waals surface area contributed by atoms with Crippen molar-refractivity contribution in [1.82, 2.24) is 5.32 Å². The maximum Gasteiger partial charge on any atom is 0.325 e. The highest BCUT2D eigenvalue weighted by molar-refractivity contribution is 7.12. The lowest BCUT2D eigenvalue weighted by molar-refractivity contribution is -0.141. The summed E-state index contributed by atoms with van der Waals surface area (Å²) in [6, 6.07) is 6.14. The van der Waals surface area contributed by atoms with Crippen molar-refractivity contribution < 1.29 is 19.1 Å². The van der Waals surface area contributed by atoms with Crippen LogP contribution in [0.4, 0.5) is 0 Å². The first-order valence-corrected chi connectivity index (χ1v) is 8.84. The number of esters is 1. The molecular formula is C17H15Cl2NO4S. The Balaban J connectivity index is 1.82. The number of ketones is 1. The van der Waals surface area contributed by atoms with Crippen molar-refractivity contribution in [2.24, 2.45) is 0 Å². The predicted molar refractivity (Wildman–Crippen MR) is 97.9 cm³/mol. The highest BCUT2D eigenvalue weighted by atomic mass is 35.5. The molecule has 0 aliphatic rings. The monoisotopic (exact) mass is 399 g/mol. The maximum atomic E-state index is 12.0. The second kappa shape index (κ2) is 8.47. The predicted octanol–water partition coefficient (Wildman–Crippen LogP) is 3.83. The fourth-order valence-electron chi connectivity index (χ4n) is 2.07. The molecule has 1 aromatic carbocycles. The summed E-state index contributed by atoms with van der Waals surface area (Å²) in [7, 11) is 0. The Morgan fingerprint density at radius 1 is 1.12 bits per heavy atom. The number of halogens is 2. The number of ether oxygens (including phenoxy) is 1. The Kier molecular flexibility index (Phi) is 6.58. The molecule has 0 fully saturated rings. The molecule has 132 valence electrons. The molecule has 2 aromatic rings. The van der Waals surface area contributed by atoms with Crippen LogP contribution in [0.5, 0.6) is 0 Å². The quantitative estimate of drug-likeness (QED) is 0.591. The molecule has 1 amide bonds. The third-order valence-electron chi connectivity index (χ3n) is 3.28. The van der Waals surface area contributed by atoms with Gasteiger partial charge in [0.1, 0.15) is 6.54 Å². The number of aryl methyl sites for hydroxylation is 2. The zero-order valence-electron chi connectivity index (χ0n) is 13.5. The van der Waals surface area contributed by atoms with Gasteiger partial charge in [0.15, 0.2) is 6.61 Å². The van der Waals surface area contributed by atoms with Gasteiger partial charge in [-0.25, -0.2) is 0 Å². The number of hydrogen-bond donors (Lipinski definition) is 1. The van der Waals surface area contributed by atoms with Crippen molar-refractivity contribution in [3.05, 3.63) is 55.2 Å². The van der Waals surface area contributed by atoms with Gasteiger partial charge in [-0.05, 0) is 38.1 Å². The third kappa shape index (κ3) is 5.29. The molecule has 25 heavy (non-hydrogen) atoms. The van der Waals surface area contributed by atoms with E-state index in [1.807, 2.05) is 13.8 Å². The lowest BCUT2D eigenvalue weighted by Crippen LogP contribution is -2.31. The van der Waals surface area contributed by atoms with E-state index in [1.54, 1.807) is 6.07 Å². The summed E-state index contributed by atoms with van der Waals surface area (Å²) >= 11 is 13.1. The molecule has 0 saturated heterocycles. The first-order valence-electron chi connectivity index (χ1n) is 7.27. The molecule has 0 aliphatic heterocycles. The van der Waals surface area contributed by atoms with Gasteiger partial charge in [-0.15, -0.1) is 11.3 Å². The molecule has 0 bridgehead atoms. The number of carbonyl (C=O) groups is 3. The minimum atomic E-state index is -0.702. The lowest BCUT2D eigenvalue weighted by atomic mass is 10.2. The minimum absolute atomic E-state index is 0.240. The summed E-state index contributed by atoms with van der Waals surface area (Å²) in [5, 5.41) is 2.97. The summed E-state index contributed by atoms with van der Waals surface area (Å²) < 4.78 is 4.91. The van der Waals surface area contributed by atoms with Crippen LogP contribution in [-0.4, -0.2) is 30.8 Å².